The van der Waals surface area contributed by atoms with Gasteiger partial charge in [-0.05, 0) is 47.7 Å². The quantitative estimate of drug-likeness (QED) is 0.643. The fourth-order valence-corrected chi connectivity index (χ4v) is 2.15. The van der Waals surface area contributed by atoms with Gasteiger partial charge >= 0.3 is 0 Å². The van der Waals surface area contributed by atoms with Gasteiger partial charge in [-0.25, -0.2) is 0 Å². The Morgan fingerprint density at radius 1 is 1.19 bits per heavy atom. The Balaban J connectivity index is 2.09. The van der Waals surface area contributed by atoms with Crippen LogP contribution in [0.1, 0.15) is 42.0 Å². The molecule has 2 rings (SSSR count). The van der Waals surface area contributed by atoms with Gasteiger partial charge in [-0.2, -0.15) is 0 Å². The van der Waals surface area contributed by atoms with Crippen molar-refractivity contribution in [2.75, 3.05) is 0 Å². The van der Waals surface area contributed by atoms with E-state index >= 15 is 0 Å². The van der Waals surface area contributed by atoms with Crippen LogP contribution in [0, 0.1) is 12.3 Å². The second kappa shape index (κ2) is 6.44. The van der Waals surface area contributed by atoms with Gasteiger partial charge < -0.3 is 10.5 Å². The standard InChI is InChI=1S/C18H22N2O/c1-12(2)14-5-4-6-17(10-14)21-11-16-8-7-15(18(19)20)9-13(16)3/h4-10,12H,11H2,1-3H3,(H3,19,20). The number of benzene rings is 2. The highest BCUT2D eigenvalue weighted by molar-refractivity contribution is 5.95. The molecular formula is C18H22N2O. The molecule has 0 aliphatic heterocycles. The summed E-state index contributed by atoms with van der Waals surface area (Å²) in [5.41, 5.74) is 9.71. The van der Waals surface area contributed by atoms with Crippen molar-refractivity contribution < 1.29 is 4.74 Å². The van der Waals surface area contributed by atoms with Gasteiger partial charge in [-0.1, -0.05) is 38.1 Å². The number of nitrogen functional groups attached to an aromatic ring is 1. The van der Waals surface area contributed by atoms with Crippen molar-refractivity contribution in [1.82, 2.24) is 0 Å². The van der Waals surface area contributed by atoms with Gasteiger partial charge in [0.05, 0.1) is 0 Å². The van der Waals surface area contributed by atoms with Crippen molar-refractivity contribution in [3.8, 4) is 5.75 Å². The monoisotopic (exact) mass is 282 g/mol. The Kier molecular flexibility index (Phi) is 4.63. The Morgan fingerprint density at radius 2 is 1.95 bits per heavy atom. The molecule has 0 amide bonds. The molecule has 0 bridgehead atoms. The second-order valence-electron chi connectivity index (χ2n) is 5.57. The van der Waals surface area contributed by atoms with Crippen LogP contribution in [0.2, 0.25) is 0 Å². The third-order valence-corrected chi connectivity index (χ3v) is 3.57. The maximum atomic E-state index is 7.45. The first-order chi connectivity index (χ1) is 9.97. The largest absolute Gasteiger partial charge is 0.489 e. The molecule has 0 aromatic heterocycles. The molecule has 0 aliphatic carbocycles. The Hall–Kier alpha value is -2.29. The van der Waals surface area contributed by atoms with E-state index in [2.05, 4.69) is 26.0 Å². The minimum Gasteiger partial charge on any atom is -0.489 e. The lowest BCUT2D eigenvalue weighted by atomic mass is 10.0. The Bertz CT molecular complexity index is 647. The number of hydrogen-bond donors (Lipinski definition) is 2. The molecule has 3 nitrogen and oxygen atoms in total. The van der Waals surface area contributed by atoms with E-state index in [9.17, 15) is 0 Å². The van der Waals surface area contributed by atoms with E-state index in [0.717, 1.165) is 22.4 Å². The van der Waals surface area contributed by atoms with E-state index in [1.807, 2.05) is 37.3 Å². The third-order valence-electron chi connectivity index (χ3n) is 3.57. The van der Waals surface area contributed by atoms with Gasteiger partial charge in [-0.3, -0.25) is 5.41 Å². The predicted molar refractivity (Wildman–Crippen MR) is 87.1 cm³/mol. The summed E-state index contributed by atoms with van der Waals surface area (Å²) >= 11 is 0. The average molecular weight is 282 g/mol. The van der Waals surface area contributed by atoms with Crippen LogP contribution in [0.15, 0.2) is 42.5 Å². The number of nitrogens with two attached hydrogens (primary N) is 1. The molecule has 2 aromatic carbocycles. The highest BCUT2D eigenvalue weighted by atomic mass is 16.5. The zero-order valence-electron chi connectivity index (χ0n) is 12.8. The van der Waals surface area contributed by atoms with Crippen LogP contribution in [-0.4, -0.2) is 5.84 Å². The number of hydrogen-bond acceptors (Lipinski definition) is 2. The summed E-state index contributed by atoms with van der Waals surface area (Å²) in [5.74, 6) is 1.47. The molecule has 2 aromatic rings. The number of aryl methyl sites for hydroxylation is 1. The molecule has 0 saturated heterocycles. The Morgan fingerprint density at radius 3 is 2.57 bits per heavy atom. The molecular weight excluding hydrogens is 260 g/mol. The van der Waals surface area contributed by atoms with E-state index in [0.29, 0.717) is 12.5 Å². The minimum atomic E-state index is 0.0928. The number of ether oxygens (including phenoxy) is 1. The lowest BCUT2D eigenvalue weighted by molar-refractivity contribution is 0.305. The first-order valence-corrected chi connectivity index (χ1v) is 7.14. The molecule has 0 aliphatic rings. The van der Waals surface area contributed by atoms with Gasteiger partial charge in [0.15, 0.2) is 0 Å². The molecule has 0 fully saturated rings. The lowest BCUT2D eigenvalue weighted by Gasteiger charge is -2.12. The summed E-state index contributed by atoms with van der Waals surface area (Å²) in [7, 11) is 0. The number of rotatable bonds is 5. The van der Waals surface area contributed by atoms with Gasteiger partial charge in [0.2, 0.25) is 0 Å². The first kappa shape index (κ1) is 15.1. The maximum absolute atomic E-state index is 7.45. The summed E-state index contributed by atoms with van der Waals surface area (Å²) in [6.07, 6.45) is 0. The molecule has 3 N–H and O–H groups in total. The maximum Gasteiger partial charge on any atom is 0.122 e. The smallest absolute Gasteiger partial charge is 0.122 e. The van der Waals surface area contributed by atoms with Crippen molar-refractivity contribution in [2.24, 2.45) is 5.73 Å². The van der Waals surface area contributed by atoms with Crippen LogP contribution >= 0.6 is 0 Å². The molecule has 0 radical (unpaired) electrons. The topological polar surface area (TPSA) is 59.1 Å². The number of nitrogens with one attached hydrogen (secondary N) is 1. The van der Waals surface area contributed by atoms with E-state index in [4.69, 9.17) is 15.9 Å². The molecule has 110 valence electrons. The van der Waals surface area contributed by atoms with E-state index in [1.54, 1.807) is 0 Å². The lowest BCUT2D eigenvalue weighted by Crippen LogP contribution is -2.11. The fourth-order valence-electron chi connectivity index (χ4n) is 2.15. The van der Waals surface area contributed by atoms with Gasteiger partial charge in [0.1, 0.15) is 18.2 Å². The van der Waals surface area contributed by atoms with Gasteiger partial charge in [0.25, 0.3) is 0 Å². The molecule has 0 unspecified atom stereocenters. The molecule has 0 spiro atoms. The number of amidine groups is 1. The van der Waals surface area contributed by atoms with Crippen LogP contribution in [0.5, 0.6) is 5.75 Å². The molecule has 0 atom stereocenters. The summed E-state index contributed by atoms with van der Waals surface area (Å²) < 4.78 is 5.88. The molecule has 3 heteroatoms. The van der Waals surface area contributed by atoms with Crippen LogP contribution < -0.4 is 10.5 Å². The van der Waals surface area contributed by atoms with Gasteiger partial charge in [0, 0.05) is 5.56 Å². The predicted octanol–water partition coefficient (Wildman–Crippen LogP) is 3.98. The summed E-state index contributed by atoms with van der Waals surface area (Å²) in [6, 6.07) is 14.0. The highest BCUT2D eigenvalue weighted by Crippen LogP contribution is 2.21. The summed E-state index contributed by atoms with van der Waals surface area (Å²) in [4.78, 5) is 0. The highest BCUT2D eigenvalue weighted by Gasteiger charge is 2.05. The van der Waals surface area contributed by atoms with Crippen molar-refractivity contribution in [3.05, 3.63) is 64.7 Å². The fraction of sp³-hybridized carbons (Fsp3) is 0.278. The molecule has 0 saturated carbocycles. The molecule has 21 heavy (non-hydrogen) atoms. The van der Waals surface area contributed by atoms with Crippen LogP contribution in [0.3, 0.4) is 0 Å². The van der Waals surface area contributed by atoms with Crippen LogP contribution in [0.25, 0.3) is 0 Å². The average Bonchev–Trinajstić information content (AvgIpc) is 2.46. The van der Waals surface area contributed by atoms with Crippen LogP contribution in [0.4, 0.5) is 0 Å². The van der Waals surface area contributed by atoms with E-state index in [-0.39, 0.29) is 5.84 Å². The zero-order valence-corrected chi connectivity index (χ0v) is 12.8. The van der Waals surface area contributed by atoms with Crippen molar-refractivity contribution in [3.63, 3.8) is 0 Å². The summed E-state index contributed by atoms with van der Waals surface area (Å²) in [5, 5.41) is 7.45. The normalized spacial score (nSPS) is 10.7. The summed E-state index contributed by atoms with van der Waals surface area (Å²) in [6.45, 7) is 6.87. The van der Waals surface area contributed by atoms with Crippen LogP contribution in [-0.2, 0) is 6.61 Å². The minimum absolute atomic E-state index is 0.0928. The Labute approximate surface area is 126 Å². The first-order valence-electron chi connectivity index (χ1n) is 7.14. The molecule has 0 heterocycles. The van der Waals surface area contributed by atoms with Crippen molar-refractivity contribution >= 4 is 5.84 Å². The van der Waals surface area contributed by atoms with Crippen molar-refractivity contribution in [1.29, 1.82) is 5.41 Å². The van der Waals surface area contributed by atoms with Gasteiger partial charge in [-0.15, -0.1) is 0 Å². The van der Waals surface area contributed by atoms with E-state index < -0.39 is 0 Å². The zero-order chi connectivity index (χ0) is 15.4. The second-order valence-corrected chi connectivity index (χ2v) is 5.57. The van der Waals surface area contributed by atoms with Crippen molar-refractivity contribution in [2.45, 2.75) is 33.3 Å². The van der Waals surface area contributed by atoms with E-state index in [1.165, 1.54) is 5.56 Å². The SMILES string of the molecule is Cc1cc(C(=N)N)ccc1COc1cccc(C(C)C)c1. The third kappa shape index (κ3) is 3.85.